The highest BCUT2D eigenvalue weighted by Crippen LogP contribution is 2.57. The van der Waals surface area contributed by atoms with Crippen molar-refractivity contribution >= 4 is 17.9 Å². The van der Waals surface area contributed by atoms with Crippen LogP contribution in [0.1, 0.15) is 39.0 Å². The number of ether oxygens (including phenoxy) is 1. The van der Waals surface area contributed by atoms with Crippen LogP contribution in [0.15, 0.2) is 40.0 Å². The van der Waals surface area contributed by atoms with E-state index in [2.05, 4.69) is 4.98 Å². The van der Waals surface area contributed by atoms with Crippen LogP contribution in [0.5, 0.6) is 0 Å². The van der Waals surface area contributed by atoms with Gasteiger partial charge in [0.1, 0.15) is 11.3 Å². The molecule has 140 valence electrons. The van der Waals surface area contributed by atoms with Crippen molar-refractivity contribution in [2.24, 2.45) is 0 Å². The Morgan fingerprint density at radius 1 is 1.30 bits per heavy atom. The molecule has 4 rings (SSSR count). The summed E-state index contributed by atoms with van der Waals surface area (Å²) >= 11 is 0. The summed E-state index contributed by atoms with van der Waals surface area (Å²) < 4.78 is 11.3. The lowest BCUT2D eigenvalue weighted by Crippen LogP contribution is -2.42. The third-order valence-electron chi connectivity index (χ3n) is 5.04. The largest absolute Gasteiger partial charge is 0.457 e. The van der Waals surface area contributed by atoms with Crippen LogP contribution >= 0.6 is 0 Å². The van der Waals surface area contributed by atoms with Gasteiger partial charge in [0, 0.05) is 18.3 Å². The van der Waals surface area contributed by atoms with E-state index in [9.17, 15) is 9.59 Å². The van der Waals surface area contributed by atoms with E-state index in [1.807, 2.05) is 24.3 Å². The van der Waals surface area contributed by atoms with Gasteiger partial charge in [-0.15, -0.1) is 0 Å². The maximum absolute atomic E-state index is 13.5. The van der Waals surface area contributed by atoms with Gasteiger partial charge in [0.25, 0.3) is 6.01 Å². The number of carbonyl (C=O) groups excluding carboxylic acids is 2. The van der Waals surface area contributed by atoms with E-state index in [4.69, 9.17) is 14.9 Å². The molecule has 7 nitrogen and oxygen atoms in total. The first-order chi connectivity index (χ1) is 12.6. The summed E-state index contributed by atoms with van der Waals surface area (Å²) in [7, 11) is 1.64. The number of esters is 1. The summed E-state index contributed by atoms with van der Waals surface area (Å²) in [6, 6.07) is 7.27. The zero-order valence-electron chi connectivity index (χ0n) is 15.9. The third-order valence-corrected chi connectivity index (χ3v) is 5.04. The fourth-order valence-corrected chi connectivity index (χ4v) is 3.96. The monoisotopic (exact) mass is 367 g/mol. The number of hydrogen-bond acceptors (Lipinski definition) is 6. The number of carbonyl (C=O) groups is 2. The molecule has 1 aromatic heterocycles. The van der Waals surface area contributed by atoms with Gasteiger partial charge < -0.3 is 19.8 Å². The van der Waals surface area contributed by atoms with E-state index in [0.717, 1.165) is 0 Å². The van der Waals surface area contributed by atoms with Gasteiger partial charge >= 0.3 is 5.97 Å². The highest BCUT2D eigenvalue weighted by Gasteiger charge is 2.63. The van der Waals surface area contributed by atoms with Crippen molar-refractivity contribution in [2.45, 2.75) is 38.7 Å². The van der Waals surface area contributed by atoms with E-state index >= 15 is 0 Å². The smallest absolute Gasteiger partial charge is 0.338 e. The zero-order chi connectivity index (χ0) is 19.7. The van der Waals surface area contributed by atoms with Gasteiger partial charge in [-0.05, 0) is 33.3 Å². The number of anilines is 1. The number of likely N-dealkylation sites (N-methyl/N-ethyl adjacent to an activating group) is 1. The van der Waals surface area contributed by atoms with Crippen molar-refractivity contribution in [3.05, 3.63) is 46.8 Å². The zero-order valence-corrected chi connectivity index (χ0v) is 15.9. The van der Waals surface area contributed by atoms with Crippen LogP contribution in [0.2, 0.25) is 0 Å². The summed E-state index contributed by atoms with van der Waals surface area (Å²) in [6.45, 7) is 7.10. The number of nitrogens with zero attached hydrogens (tertiary/aromatic N) is 2. The number of fused-ring (bicyclic) bond motifs is 5. The van der Waals surface area contributed by atoms with E-state index < -0.39 is 17.0 Å². The Bertz CT molecular complexity index is 1030. The molecule has 1 spiro atoms. The van der Waals surface area contributed by atoms with Gasteiger partial charge in [0.2, 0.25) is 5.91 Å². The van der Waals surface area contributed by atoms with E-state index in [0.29, 0.717) is 28.3 Å². The molecule has 0 saturated heterocycles. The molecule has 2 aromatic rings. The van der Waals surface area contributed by atoms with Crippen LogP contribution in [-0.2, 0) is 19.7 Å². The lowest BCUT2D eigenvalue weighted by molar-refractivity contribution is -0.151. The van der Waals surface area contributed by atoms with Gasteiger partial charge in [0.15, 0.2) is 11.2 Å². The Labute approximate surface area is 156 Å². The molecule has 27 heavy (non-hydrogen) atoms. The normalized spacial score (nSPS) is 21.1. The number of amides is 1. The Morgan fingerprint density at radius 3 is 2.63 bits per heavy atom. The molecule has 1 atom stereocenters. The van der Waals surface area contributed by atoms with E-state index in [-0.39, 0.29) is 17.5 Å². The molecule has 2 aliphatic rings. The first-order valence-corrected chi connectivity index (χ1v) is 8.68. The Hall–Kier alpha value is -3.09. The molecule has 2 heterocycles. The summed E-state index contributed by atoms with van der Waals surface area (Å²) in [5, 5.41) is 0. The average molecular weight is 367 g/mol. The summed E-state index contributed by atoms with van der Waals surface area (Å²) in [5.74, 6) is -0.414. The third kappa shape index (κ3) is 2.11. The van der Waals surface area contributed by atoms with Crippen LogP contribution in [0.4, 0.5) is 6.01 Å². The van der Waals surface area contributed by atoms with Gasteiger partial charge in [0.05, 0.1) is 5.57 Å². The highest BCUT2D eigenvalue weighted by molar-refractivity contribution is 6.14. The van der Waals surface area contributed by atoms with Gasteiger partial charge in [-0.1, -0.05) is 24.3 Å². The number of rotatable bonds is 1. The van der Waals surface area contributed by atoms with Crippen LogP contribution in [0.25, 0.3) is 11.3 Å². The molecular formula is C20H21N3O4. The van der Waals surface area contributed by atoms with Crippen molar-refractivity contribution in [3.63, 3.8) is 0 Å². The second-order valence-corrected chi connectivity index (χ2v) is 7.85. The fourth-order valence-electron chi connectivity index (χ4n) is 3.96. The van der Waals surface area contributed by atoms with Gasteiger partial charge in [-0.3, -0.25) is 4.79 Å². The number of nitrogens with two attached hydrogens (primary N) is 1. The molecule has 0 saturated carbocycles. The maximum Gasteiger partial charge on any atom is 0.338 e. The first kappa shape index (κ1) is 17.3. The lowest BCUT2D eigenvalue weighted by atomic mass is 9.74. The maximum atomic E-state index is 13.5. The Morgan fingerprint density at radius 2 is 1.96 bits per heavy atom. The minimum Gasteiger partial charge on any atom is -0.457 e. The molecule has 1 amide bonds. The minimum atomic E-state index is -1.41. The van der Waals surface area contributed by atoms with Crippen molar-refractivity contribution < 1.29 is 18.7 Å². The molecule has 7 heteroatoms. The number of aromatic nitrogens is 1. The standard InChI is InChI=1S/C20H21N3O4/c1-10-13(16(24)27-19(2,3)4)20(17(25)23(10)5)12-9-7-6-8-11(12)14-15(20)22-18(21)26-14/h6-9H,1-5H3,(H2,21,22)/t20-/m1/s1. The molecule has 0 fully saturated rings. The highest BCUT2D eigenvalue weighted by atomic mass is 16.6. The second-order valence-electron chi connectivity index (χ2n) is 7.85. The predicted molar refractivity (Wildman–Crippen MR) is 98.4 cm³/mol. The molecule has 0 unspecified atom stereocenters. The number of allylic oxidation sites excluding steroid dienone is 1. The van der Waals surface area contributed by atoms with E-state index in [1.54, 1.807) is 34.7 Å². The predicted octanol–water partition coefficient (Wildman–Crippen LogP) is 2.61. The lowest BCUT2D eigenvalue weighted by Gasteiger charge is -2.27. The van der Waals surface area contributed by atoms with Crippen molar-refractivity contribution in [3.8, 4) is 11.3 Å². The Kier molecular flexibility index (Phi) is 3.35. The topological polar surface area (TPSA) is 98.7 Å². The average Bonchev–Trinajstić information content (AvgIpc) is 3.13. The number of oxazole rings is 1. The molecule has 0 bridgehead atoms. The quantitative estimate of drug-likeness (QED) is 0.778. The van der Waals surface area contributed by atoms with E-state index in [1.165, 1.54) is 4.90 Å². The summed E-state index contributed by atoms with van der Waals surface area (Å²) in [5.41, 5.74) is 6.16. The minimum absolute atomic E-state index is 0.0441. The SMILES string of the molecule is CC1=C(C(=O)OC(C)(C)C)[C@]2(C(=O)N1C)c1ccccc1-c1oc(N)nc12. The molecule has 1 aromatic carbocycles. The van der Waals surface area contributed by atoms with Crippen molar-refractivity contribution in [2.75, 3.05) is 12.8 Å². The number of benzene rings is 1. The second kappa shape index (κ2) is 5.22. The van der Waals surface area contributed by atoms with Gasteiger partial charge in [-0.2, -0.15) is 4.98 Å². The Balaban J connectivity index is 2.05. The van der Waals surface area contributed by atoms with Crippen molar-refractivity contribution in [1.29, 1.82) is 0 Å². The van der Waals surface area contributed by atoms with Crippen LogP contribution in [0, 0.1) is 0 Å². The molecular weight excluding hydrogens is 346 g/mol. The molecule has 1 aliphatic heterocycles. The van der Waals surface area contributed by atoms with Crippen LogP contribution in [0.3, 0.4) is 0 Å². The summed E-state index contributed by atoms with van der Waals surface area (Å²) in [6.07, 6.45) is 0. The summed E-state index contributed by atoms with van der Waals surface area (Å²) in [4.78, 5) is 32.5. The fraction of sp³-hybridized carbons (Fsp3) is 0.350. The van der Waals surface area contributed by atoms with Crippen LogP contribution < -0.4 is 5.73 Å². The van der Waals surface area contributed by atoms with Gasteiger partial charge in [-0.25, -0.2) is 4.79 Å². The molecule has 0 radical (unpaired) electrons. The molecule has 1 aliphatic carbocycles. The number of hydrogen-bond donors (Lipinski definition) is 1. The van der Waals surface area contributed by atoms with Crippen molar-refractivity contribution in [1.82, 2.24) is 9.88 Å². The van der Waals surface area contributed by atoms with Crippen LogP contribution in [-0.4, -0.2) is 34.4 Å². The molecule has 2 N–H and O–H groups in total. The number of nitrogen functional groups attached to an aromatic ring is 1. The first-order valence-electron chi connectivity index (χ1n) is 8.68.